The molecule has 0 saturated carbocycles. The molecule has 0 aliphatic rings. The van der Waals surface area contributed by atoms with Crippen LogP contribution in [0.3, 0.4) is 0 Å². The number of nitrogens with one attached hydrogen (secondary N) is 1. The zero-order chi connectivity index (χ0) is 21.9. The number of rotatable bonds is 11. The van der Waals surface area contributed by atoms with E-state index in [2.05, 4.69) is 5.32 Å². The van der Waals surface area contributed by atoms with Crippen molar-refractivity contribution in [2.45, 2.75) is 39.3 Å². The lowest BCUT2D eigenvalue weighted by atomic mass is 10.1. The summed E-state index contributed by atoms with van der Waals surface area (Å²) in [4.78, 5) is 27.3. The number of carbonyl (C=O) groups is 2. The second-order valence-corrected chi connectivity index (χ2v) is 7.26. The van der Waals surface area contributed by atoms with Crippen molar-refractivity contribution in [2.24, 2.45) is 0 Å². The molecule has 6 nitrogen and oxygen atoms in total. The number of hydrogen-bond donors (Lipinski definition) is 1. The standard InChI is InChI=1S/C23H29ClN2O4/c1-4-14-25-23(28)21(5-2)26(15-17-6-8-18(24)9-7-17)22(27)16-30-20-12-10-19(29-3)11-13-20/h6-13,21H,4-5,14-16H2,1-3H3,(H,25,28)/t21-/m0/s1. The Labute approximate surface area is 183 Å². The summed E-state index contributed by atoms with van der Waals surface area (Å²) >= 11 is 5.97. The summed E-state index contributed by atoms with van der Waals surface area (Å²) in [5.74, 6) is 0.834. The molecule has 1 atom stereocenters. The predicted octanol–water partition coefficient (Wildman–Crippen LogP) is 4.06. The lowest BCUT2D eigenvalue weighted by molar-refractivity contribution is -0.143. The van der Waals surface area contributed by atoms with Crippen molar-refractivity contribution in [3.05, 3.63) is 59.1 Å². The zero-order valence-corrected chi connectivity index (χ0v) is 18.4. The lowest BCUT2D eigenvalue weighted by Gasteiger charge is -2.30. The Kier molecular flexibility index (Phi) is 9.48. The molecule has 2 amide bonds. The van der Waals surface area contributed by atoms with E-state index in [0.717, 1.165) is 12.0 Å². The van der Waals surface area contributed by atoms with Crippen LogP contribution in [-0.2, 0) is 16.1 Å². The highest BCUT2D eigenvalue weighted by molar-refractivity contribution is 6.30. The van der Waals surface area contributed by atoms with Crippen molar-refractivity contribution in [2.75, 3.05) is 20.3 Å². The molecule has 0 aromatic heterocycles. The molecular weight excluding hydrogens is 404 g/mol. The first-order valence-electron chi connectivity index (χ1n) is 10.1. The van der Waals surface area contributed by atoms with Crippen LogP contribution in [0.4, 0.5) is 0 Å². The van der Waals surface area contributed by atoms with Crippen LogP contribution in [0.15, 0.2) is 48.5 Å². The molecule has 0 radical (unpaired) electrons. The maximum absolute atomic E-state index is 13.1. The first kappa shape index (κ1) is 23.5. The fraction of sp³-hybridized carbons (Fsp3) is 0.391. The third-order valence-electron chi connectivity index (χ3n) is 4.62. The summed E-state index contributed by atoms with van der Waals surface area (Å²) in [6.07, 6.45) is 1.32. The van der Waals surface area contributed by atoms with Crippen LogP contribution in [0.25, 0.3) is 0 Å². The van der Waals surface area contributed by atoms with Gasteiger partial charge in [-0.2, -0.15) is 0 Å². The van der Waals surface area contributed by atoms with Gasteiger partial charge in [0, 0.05) is 18.1 Å². The molecule has 0 heterocycles. The first-order chi connectivity index (χ1) is 14.5. The van der Waals surface area contributed by atoms with Crippen LogP contribution in [0.1, 0.15) is 32.3 Å². The highest BCUT2D eigenvalue weighted by Gasteiger charge is 2.28. The summed E-state index contributed by atoms with van der Waals surface area (Å²) in [7, 11) is 1.59. The fourth-order valence-electron chi connectivity index (χ4n) is 2.97. The number of hydrogen-bond acceptors (Lipinski definition) is 4. The van der Waals surface area contributed by atoms with Crippen molar-refractivity contribution in [1.29, 1.82) is 0 Å². The maximum atomic E-state index is 13.1. The number of methoxy groups -OCH3 is 1. The van der Waals surface area contributed by atoms with Crippen LogP contribution in [-0.4, -0.2) is 43.0 Å². The van der Waals surface area contributed by atoms with Crippen molar-refractivity contribution in [3.63, 3.8) is 0 Å². The second-order valence-electron chi connectivity index (χ2n) is 6.83. The fourth-order valence-corrected chi connectivity index (χ4v) is 3.10. The smallest absolute Gasteiger partial charge is 0.261 e. The lowest BCUT2D eigenvalue weighted by Crippen LogP contribution is -2.50. The van der Waals surface area contributed by atoms with Crippen molar-refractivity contribution in [3.8, 4) is 11.5 Å². The molecule has 0 aliphatic heterocycles. The normalized spacial score (nSPS) is 11.5. The molecule has 2 rings (SSSR count). The minimum absolute atomic E-state index is 0.161. The van der Waals surface area contributed by atoms with Crippen LogP contribution < -0.4 is 14.8 Å². The highest BCUT2D eigenvalue weighted by atomic mass is 35.5. The van der Waals surface area contributed by atoms with Gasteiger partial charge in [0.25, 0.3) is 5.91 Å². The molecule has 0 spiro atoms. The largest absolute Gasteiger partial charge is 0.497 e. The monoisotopic (exact) mass is 432 g/mol. The van der Waals surface area contributed by atoms with E-state index >= 15 is 0 Å². The van der Waals surface area contributed by atoms with Crippen molar-refractivity contribution >= 4 is 23.4 Å². The van der Waals surface area contributed by atoms with E-state index in [-0.39, 0.29) is 18.4 Å². The van der Waals surface area contributed by atoms with Gasteiger partial charge in [0.05, 0.1) is 7.11 Å². The molecule has 0 aliphatic carbocycles. The van der Waals surface area contributed by atoms with Gasteiger partial charge in [-0.3, -0.25) is 9.59 Å². The van der Waals surface area contributed by atoms with Crippen LogP contribution in [0.5, 0.6) is 11.5 Å². The van der Waals surface area contributed by atoms with Gasteiger partial charge in [-0.15, -0.1) is 0 Å². The molecule has 0 bridgehead atoms. The van der Waals surface area contributed by atoms with Gasteiger partial charge in [-0.1, -0.05) is 37.6 Å². The topological polar surface area (TPSA) is 67.9 Å². The molecule has 7 heteroatoms. The van der Waals surface area contributed by atoms with Gasteiger partial charge in [0.15, 0.2) is 6.61 Å². The Hall–Kier alpha value is -2.73. The second kappa shape index (κ2) is 12.1. The number of nitrogens with zero attached hydrogens (tertiary/aromatic N) is 1. The summed E-state index contributed by atoms with van der Waals surface area (Å²) in [6, 6.07) is 13.7. The SMILES string of the molecule is CCCNC(=O)[C@H](CC)N(Cc1ccc(Cl)cc1)C(=O)COc1ccc(OC)cc1. The van der Waals surface area contributed by atoms with Crippen molar-refractivity contribution in [1.82, 2.24) is 10.2 Å². The first-order valence-corrected chi connectivity index (χ1v) is 10.4. The predicted molar refractivity (Wildman–Crippen MR) is 118 cm³/mol. The summed E-state index contributed by atoms with van der Waals surface area (Å²) in [5, 5.41) is 3.51. The minimum Gasteiger partial charge on any atom is -0.497 e. The van der Waals surface area contributed by atoms with E-state index in [1.165, 1.54) is 0 Å². The van der Waals surface area contributed by atoms with Crippen molar-refractivity contribution < 1.29 is 19.1 Å². The van der Waals surface area contributed by atoms with Gasteiger partial charge in [0.1, 0.15) is 17.5 Å². The van der Waals surface area contributed by atoms with Gasteiger partial charge in [-0.25, -0.2) is 0 Å². The van der Waals surface area contributed by atoms with E-state index in [1.807, 2.05) is 26.0 Å². The zero-order valence-electron chi connectivity index (χ0n) is 17.7. The van der Waals surface area contributed by atoms with Gasteiger partial charge >= 0.3 is 0 Å². The Bertz CT molecular complexity index is 809. The van der Waals surface area contributed by atoms with Crippen LogP contribution >= 0.6 is 11.6 Å². The van der Waals surface area contributed by atoms with E-state index in [9.17, 15) is 9.59 Å². The Morgan fingerprint density at radius 1 is 1.03 bits per heavy atom. The molecule has 1 N–H and O–H groups in total. The van der Waals surface area contributed by atoms with Gasteiger partial charge in [-0.05, 0) is 54.8 Å². The van der Waals surface area contributed by atoms with E-state index in [0.29, 0.717) is 36.0 Å². The molecule has 0 saturated heterocycles. The molecular formula is C23H29ClN2O4. The Morgan fingerprint density at radius 2 is 1.67 bits per heavy atom. The molecule has 0 unspecified atom stereocenters. The number of carbonyl (C=O) groups excluding carboxylic acids is 2. The maximum Gasteiger partial charge on any atom is 0.261 e. The molecule has 0 fully saturated rings. The van der Waals surface area contributed by atoms with E-state index in [4.69, 9.17) is 21.1 Å². The summed E-state index contributed by atoms with van der Waals surface area (Å²) < 4.78 is 10.8. The Balaban J connectivity index is 2.15. The highest BCUT2D eigenvalue weighted by Crippen LogP contribution is 2.19. The van der Waals surface area contributed by atoms with Crippen LogP contribution in [0.2, 0.25) is 5.02 Å². The third-order valence-corrected chi connectivity index (χ3v) is 4.88. The molecule has 2 aromatic rings. The van der Waals surface area contributed by atoms with E-state index < -0.39 is 6.04 Å². The number of ether oxygens (including phenoxy) is 2. The number of amides is 2. The molecule has 162 valence electrons. The Morgan fingerprint density at radius 3 is 2.23 bits per heavy atom. The summed E-state index contributed by atoms with van der Waals surface area (Å²) in [5.41, 5.74) is 0.888. The quantitative estimate of drug-likeness (QED) is 0.581. The average molecular weight is 433 g/mol. The summed E-state index contributed by atoms with van der Waals surface area (Å²) in [6.45, 7) is 4.57. The number of benzene rings is 2. The average Bonchev–Trinajstić information content (AvgIpc) is 2.77. The van der Waals surface area contributed by atoms with Crippen LogP contribution in [0, 0.1) is 0 Å². The van der Waals surface area contributed by atoms with Gasteiger partial charge in [0.2, 0.25) is 5.91 Å². The van der Waals surface area contributed by atoms with Gasteiger partial charge < -0.3 is 19.7 Å². The third kappa shape index (κ3) is 6.95. The minimum atomic E-state index is -0.584. The molecule has 2 aromatic carbocycles. The van der Waals surface area contributed by atoms with E-state index in [1.54, 1.807) is 48.4 Å². The number of halogens is 1. The molecule has 30 heavy (non-hydrogen) atoms.